The average molecular weight is 330 g/mol. The van der Waals surface area contributed by atoms with Gasteiger partial charge in [-0.05, 0) is 25.7 Å². The number of hydrogen-bond donors (Lipinski definition) is 3. The zero-order valence-electron chi connectivity index (χ0n) is 13.5. The third kappa shape index (κ3) is 3.27. The minimum Gasteiger partial charge on any atom is -0.355 e. The number of carbonyl (C=O) groups excluding carboxylic acids is 2. The third-order valence-corrected chi connectivity index (χ3v) is 4.92. The molecule has 3 N–H and O–H groups in total. The molecule has 2 amide bonds. The van der Waals surface area contributed by atoms with E-state index in [1.807, 2.05) is 0 Å². The minimum atomic E-state index is -0.163. The molecule has 8 heteroatoms. The minimum absolute atomic E-state index is 0.135. The first-order valence-electron chi connectivity index (χ1n) is 8.65. The fraction of sp³-hybridized carbons (Fsp3) is 0.625. The molecule has 3 heterocycles. The Labute approximate surface area is 140 Å². The van der Waals surface area contributed by atoms with Crippen LogP contribution in [0, 0.1) is 0 Å². The lowest BCUT2D eigenvalue weighted by Gasteiger charge is -2.32. The normalized spacial score (nSPS) is 22.1. The number of hydrogen-bond acceptors (Lipinski definition) is 5. The zero-order chi connectivity index (χ0) is 16.5. The van der Waals surface area contributed by atoms with E-state index >= 15 is 0 Å². The van der Waals surface area contributed by atoms with Gasteiger partial charge in [-0.3, -0.25) is 14.7 Å². The molecule has 0 atom stereocenters. The number of nitrogens with one attached hydrogen (secondary N) is 3. The third-order valence-electron chi connectivity index (χ3n) is 4.92. The van der Waals surface area contributed by atoms with Crippen LogP contribution in [0.4, 0.5) is 5.82 Å². The van der Waals surface area contributed by atoms with Crippen molar-refractivity contribution in [3.63, 3.8) is 0 Å². The van der Waals surface area contributed by atoms with Crippen LogP contribution in [-0.2, 0) is 9.59 Å². The van der Waals surface area contributed by atoms with Gasteiger partial charge in [0.05, 0.1) is 0 Å². The first kappa shape index (κ1) is 15.2. The molecule has 0 spiro atoms. The Hall–Kier alpha value is -2.38. The van der Waals surface area contributed by atoms with Gasteiger partial charge in [0.1, 0.15) is 5.71 Å². The van der Waals surface area contributed by atoms with Gasteiger partial charge in [-0.1, -0.05) is 0 Å². The topological polar surface area (TPSA) is 102 Å². The van der Waals surface area contributed by atoms with E-state index in [0.717, 1.165) is 31.7 Å². The molecule has 128 valence electrons. The Morgan fingerprint density at radius 1 is 1.21 bits per heavy atom. The van der Waals surface area contributed by atoms with E-state index in [1.54, 1.807) is 0 Å². The highest BCUT2D eigenvalue weighted by Crippen LogP contribution is 2.40. The molecule has 1 aromatic rings. The standard InChI is InChI=1S/C16H22N6O2/c23-15-4-3-12(18-21-15)16(24)17-11-5-7-22(8-6-11)14-9-13(19-20-14)10-1-2-10/h9-11H,1-8H2,(H,17,24)(H,19,20)(H,21,23). The van der Waals surface area contributed by atoms with Crippen LogP contribution in [0.5, 0.6) is 0 Å². The summed E-state index contributed by atoms with van der Waals surface area (Å²) < 4.78 is 0. The number of hydrazone groups is 1. The molecule has 0 radical (unpaired) electrons. The van der Waals surface area contributed by atoms with Crippen LogP contribution in [0.2, 0.25) is 0 Å². The Morgan fingerprint density at radius 3 is 2.67 bits per heavy atom. The largest absolute Gasteiger partial charge is 0.355 e. The summed E-state index contributed by atoms with van der Waals surface area (Å²) in [7, 11) is 0. The Morgan fingerprint density at radius 2 is 2.00 bits per heavy atom. The number of carbonyl (C=O) groups is 2. The van der Waals surface area contributed by atoms with Crippen LogP contribution in [0.1, 0.15) is 50.1 Å². The Bertz CT molecular complexity index is 670. The first-order valence-corrected chi connectivity index (χ1v) is 8.65. The lowest BCUT2D eigenvalue weighted by molar-refractivity contribution is -0.121. The maximum absolute atomic E-state index is 12.2. The molecule has 2 fully saturated rings. The van der Waals surface area contributed by atoms with Gasteiger partial charge in [-0.2, -0.15) is 10.2 Å². The van der Waals surface area contributed by atoms with E-state index in [0.29, 0.717) is 24.5 Å². The van der Waals surface area contributed by atoms with Crippen LogP contribution in [0.15, 0.2) is 11.2 Å². The van der Waals surface area contributed by atoms with E-state index in [-0.39, 0.29) is 17.9 Å². The maximum Gasteiger partial charge on any atom is 0.267 e. The Kier molecular flexibility index (Phi) is 3.95. The summed E-state index contributed by atoms with van der Waals surface area (Å²) in [6.07, 6.45) is 5.04. The predicted molar refractivity (Wildman–Crippen MR) is 88.8 cm³/mol. The second-order valence-electron chi connectivity index (χ2n) is 6.78. The van der Waals surface area contributed by atoms with Gasteiger partial charge in [0.15, 0.2) is 5.82 Å². The SMILES string of the molecule is O=C1CCC(C(=O)NC2CCN(c3cc(C4CC4)[nH]n3)CC2)=NN1. The lowest BCUT2D eigenvalue weighted by Crippen LogP contribution is -2.47. The smallest absolute Gasteiger partial charge is 0.267 e. The van der Waals surface area contributed by atoms with Crippen molar-refractivity contribution >= 4 is 23.3 Å². The molecule has 4 rings (SSSR count). The molecule has 1 saturated heterocycles. The van der Waals surface area contributed by atoms with Gasteiger partial charge in [-0.25, -0.2) is 5.43 Å². The van der Waals surface area contributed by atoms with Gasteiger partial charge in [0.2, 0.25) is 5.91 Å². The molecular weight excluding hydrogens is 308 g/mol. The van der Waals surface area contributed by atoms with E-state index < -0.39 is 0 Å². The Balaban J connectivity index is 1.28. The van der Waals surface area contributed by atoms with Crippen LogP contribution >= 0.6 is 0 Å². The summed E-state index contributed by atoms with van der Waals surface area (Å²) in [5.74, 6) is 1.40. The van der Waals surface area contributed by atoms with Crippen LogP contribution in [-0.4, -0.2) is 46.9 Å². The second-order valence-corrected chi connectivity index (χ2v) is 6.78. The number of rotatable bonds is 4. The number of piperidine rings is 1. The maximum atomic E-state index is 12.2. The summed E-state index contributed by atoms with van der Waals surface area (Å²) in [5.41, 5.74) is 4.03. The number of anilines is 1. The number of aromatic nitrogens is 2. The van der Waals surface area contributed by atoms with Crippen LogP contribution in [0.25, 0.3) is 0 Å². The van der Waals surface area contributed by atoms with Crippen molar-refractivity contribution in [2.24, 2.45) is 5.10 Å². The molecule has 0 bridgehead atoms. The number of nitrogens with zero attached hydrogens (tertiary/aromatic N) is 3. The van der Waals surface area contributed by atoms with Gasteiger partial charge >= 0.3 is 0 Å². The molecule has 24 heavy (non-hydrogen) atoms. The van der Waals surface area contributed by atoms with Crippen molar-refractivity contribution in [2.45, 2.75) is 50.5 Å². The quantitative estimate of drug-likeness (QED) is 0.754. The van der Waals surface area contributed by atoms with Crippen molar-refractivity contribution in [3.05, 3.63) is 11.8 Å². The highest BCUT2D eigenvalue weighted by molar-refractivity contribution is 6.39. The van der Waals surface area contributed by atoms with Crippen molar-refractivity contribution in [1.29, 1.82) is 0 Å². The monoisotopic (exact) mass is 330 g/mol. The van der Waals surface area contributed by atoms with Crippen LogP contribution in [0.3, 0.4) is 0 Å². The highest BCUT2D eigenvalue weighted by atomic mass is 16.2. The zero-order valence-corrected chi connectivity index (χ0v) is 13.5. The van der Waals surface area contributed by atoms with E-state index in [2.05, 4.69) is 37.0 Å². The van der Waals surface area contributed by atoms with Gasteiger partial charge in [0.25, 0.3) is 5.91 Å². The van der Waals surface area contributed by atoms with Gasteiger partial charge < -0.3 is 10.2 Å². The fourth-order valence-electron chi connectivity index (χ4n) is 3.25. The van der Waals surface area contributed by atoms with Crippen molar-refractivity contribution < 1.29 is 9.59 Å². The van der Waals surface area contributed by atoms with Crippen molar-refractivity contribution in [1.82, 2.24) is 20.9 Å². The summed E-state index contributed by atoms with van der Waals surface area (Å²) in [6.45, 7) is 1.76. The molecule has 0 unspecified atom stereocenters. The molecule has 1 aromatic heterocycles. The van der Waals surface area contributed by atoms with E-state index in [9.17, 15) is 9.59 Å². The molecule has 3 aliphatic rings. The number of H-pyrrole nitrogens is 1. The van der Waals surface area contributed by atoms with Gasteiger partial charge in [0, 0.05) is 49.7 Å². The average Bonchev–Trinajstić information content (AvgIpc) is 3.33. The van der Waals surface area contributed by atoms with E-state index in [4.69, 9.17) is 0 Å². The van der Waals surface area contributed by atoms with Crippen molar-refractivity contribution in [2.75, 3.05) is 18.0 Å². The summed E-state index contributed by atoms with van der Waals surface area (Å²) >= 11 is 0. The lowest BCUT2D eigenvalue weighted by atomic mass is 10.0. The second kappa shape index (κ2) is 6.26. The summed E-state index contributed by atoms with van der Waals surface area (Å²) in [4.78, 5) is 25.5. The fourth-order valence-corrected chi connectivity index (χ4v) is 3.25. The predicted octanol–water partition coefficient (Wildman–Crippen LogP) is 0.638. The van der Waals surface area contributed by atoms with Crippen molar-refractivity contribution in [3.8, 4) is 0 Å². The van der Waals surface area contributed by atoms with Crippen LogP contribution < -0.4 is 15.6 Å². The summed E-state index contributed by atoms with van der Waals surface area (Å²) in [6, 6.07) is 2.31. The molecule has 8 nitrogen and oxygen atoms in total. The number of aromatic amines is 1. The molecule has 0 aromatic carbocycles. The summed E-state index contributed by atoms with van der Waals surface area (Å²) in [5, 5.41) is 14.4. The van der Waals surface area contributed by atoms with Gasteiger partial charge in [-0.15, -0.1) is 0 Å². The first-order chi connectivity index (χ1) is 11.7. The molecule has 1 aliphatic carbocycles. The number of amides is 2. The molecule has 2 aliphatic heterocycles. The molecular formula is C16H22N6O2. The van der Waals surface area contributed by atoms with E-state index in [1.165, 1.54) is 18.5 Å². The highest BCUT2D eigenvalue weighted by Gasteiger charge is 2.28. The molecule has 1 saturated carbocycles.